The smallest absolute Gasteiger partial charge is 0.242 e. The summed E-state index contributed by atoms with van der Waals surface area (Å²) in [6.07, 6.45) is 1.75. The van der Waals surface area contributed by atoms with Crippen LogP contribution in [0.2, 0.25) is 0 Å². The second-order valence-corrected chi connectivity index (χ2v) is 6.75. The number of carbonyl (C=O) groups is 1. The van der Waals surface area contributed by atoms with Crippen LogP contribution in [-0.4, -0.2) is 71.6 Å². The molecule has 3 heterocycles. The quantitative estimate of drug-likeness (QED) is 0.809. The van der Waals surface area contributed by atoms with Crippen LogP contribution in [0.4, 0.5) is 5.13 Å². The highest BCUT2D eigenvalue weighted by molar-refractivity contribution is 7.09. The fourth-order valence-corrected chi connectivity index (χ4v) is 3.85. The number of hydrogen-bond acceptors (Lipinski definition) is 7. The molecular formula is C15H27Cl2N5O2S. The first-order chi connectivity index (χ1) is 11.2. The zero-order valence-electron chi connectivity index (χ0n) is 14.6. The Morgan fingerprint density at radius 3 is 2.80 bits per heavy atom. The molecule has 25 heavy (non-hydrogen) atoms. The highest BCUT2D eigenvalue weighted by atomic mass is 35.5. The van der Waals surface area contributed by atoms with Crippen molar-refractivity contribution in [2.45, 2.75) is 38.8 Å². The van der Waals surface area contributed by atoms with E-state index in [4.69, 9.17) is 4.74 Å². The first-order valence-corrected chi connectivity index (χ1v) is 9.17. The van der Waals surface area contributed by atoms with E-state index in [-0.39, 0.29) is 42.9 Å². The van der Waals surface area contributed by atoms with E-state index in [2.05, 4.69) is 26.5 Å². The summed E-state index contributed by atoms with van der Waals surface area (Å²) in [6.45, 7) is 8.70. The van der Waals surface area contributed by atoms with Gasteiger partial charge in [0, 0.05) is 50.7 Å². The number of amides is 1. The maximum absolute atomic E-state index is 12.7. The molecule has 1 N–H and O–H groups in total. The Morgan fingerprint density at radius 2 is 2.12 bits per heavy atom. The van der Waals surface area contributed by atoms with Crippen molar-refractivity contribution in [3.63, 3.8) is 0 Å². The fraction of sp³-hybridized carbons (Fsp3) is 0.800. The molecular weight excluding hydrogens is 385 g/mol. The van der Waals surface area contributed by atoms with E-state index in [9.17, 15) is 4.79 Å². The molecule has 0 saturated carbocycles. The summed E-state index contributed by atoms with van der Waals surface area (Å²) in [5.41, 5.74) is 0. The summed E-state index contributed by atoms with van der Waals surface area (Å²) < 4.78 is 9.96. The van der Waals surface area contributed by atoms with Crippen molar-refractivity contribution in [2.24, 2.45) is 0 Å². The fourth-order valence-electron chi connectivity index (χ4n) is 3.05. The van der Waals surface area contributed by atoms with Crippen molar-refractivity contribution in [3.05, 3.63) is 5.82 Å². The van der Waals surface area contributed by atoms with Crippen LogP contribution in [0.1, 0.15) is 26.1 Å². The number of hydrogen-bond donors (Lipinski definition) is 1. The van der Waals surface area contributed by atoms with E-state index in [0.717, 1.165) is 56.5 Å². The molecule has 0 unspecified atom stereocenters. The number of morpholine rings is 1. The lowest BCUT2D eigenvalue weighted by Gasteiger charge is -2.33. The number of aryl methyl sites for hydroxylation is 1. The van der Waals surface area contributed by atoms with E-state index in [1.165, 1.54) is 11.5 Å². The largest absolute Gasteiger partial charge is 0.375 e. The molecule has 2 fully saturated rings. The van der Waals surface area contributed by atoms with Gasteiger partial charge in [0.15, 0.2) is 0 Å². The van der Waals surface area contributed by atoms with Gasteiger partial charge < -0.3 is 19.9 Å². The molecule has 10 heteroatoms. The lowest BCUT2D eigenvalue weighted by molar-refractivity contribution is -0.139. The summed E-state index contributed by atoms with van der Waals surface area (Å²) in [4.78, 5) is 21.5. The van der Waals surface area contributed by atoms with Crippen LogP contribution in [0, 0.1) is 0 Å². The molecule has 0 radical (unpaired) electrons. The molecule has 1 aromatic heterocycles. The maximum Gasteiger partial charge on any atom is 0.242 e. The topological polar surface area (TPSA) is 70.6 Å². The molecule has 0 aliphatic carbocycles. The van der Waals surface area contributed by atoms with Gasteiger partial charge in [-0.2, -0.15) is 4.37 Å². The molecule has 2 aliphatic heterocycles. The van der Waals surface area contributed by atoms with Crippen molar-refractivity contribution in [2.75, 3.05) is 44.2 Å². The highest BCUT2D eigenvalue weighted by Gasteiger charge is 2.32. The summed E-state index contributed by atoms with van der Waals surface area (Å²) in [7, 11) is 0. The van der Waals surface area contributed by atoms with Crippen LogP contribution in [0.15, 0.2) is 0 Å². The molecule has 2 atom stereocenters. The van der Waals surface area contributed by atoms with E-state index in [1.807, 2.05) is 11.8 Å². The first kappa shape index (κ1) is 22.4. The third-order valence-electron chi connectivity index (χ3n) is 4.43. The second-order valence-electron chi connectivity index (χ2n) is 6.02. The number of ether oxygens (including phenoxy) is 1. The molecule has 1 amide bonds. The Balaban J connectivity index is 0.00000156. The molecule has 7 nitrogen and oxygen atoms in total. The van der Waals surface area contributed by atoms with E-state index in [0.29, 0.717) is 6.61 Å². The maximum atomic E-state index is 12.7. The molecule has 1 aromatic rings. The average molecular weight is 412 g/mol. The van der Waals surface area contributed by atoms with Crippen LogP contribution in [0.25, 0.3) is 0 Å². The van der Waals surface area contributed by atoms with Gasteiger partial charge in [-0.15, -0.1) is 24.8 Å². The molecule has 3 rings (SSSR count). The SMILES string of the molecule is CCc1nsc(N2CCCN(C(=O)[C@H]3NCCO[C@@H]3C)CC2)n1.Cl.Cl. The van der Waals surface area contributed by atoms with E-state index >= 15 is 0 Å². The third kappa shape index (κ3) is 5.40. The van der Waals surface area contributed by atoms with Crippen LogP contribution < -0.4 is 10.2 Å². The van der Waals surface area contributed by atoms with E-state index in [1.54, 1.807) is 0 Å². The lowest BCUT2D eigenvalue weighted by atomic mass is 10.1. The second kappa shape index (κ2) is 10.5. The Morgan fingerprint density at radius 1 is 1.32 bits per heavy atom. The molecule has 0 bridgehead atoms. The number of halogens is 2. The van der Waals surface area contributed by atoms with Gasteiger partial charge >= 0.3 is 0 Å². The van der Waals surface area contributed by atoms with Crippen molar-refractivity contribution in [1.29, 1.82) is 0 Å². The van der Waals surface area contributed by atoms with Crippen LogP contribution in [-0.2, 0) is 16.0 Å². The van der Waals surface area contributed by atoms with Gasteiger partial charge in [-0.25, -0.2) is 4.98 Å². The summed E-state index contributed by atoms with van der Waals surface area (Å²) >= 11 is 1.46. The predicted octanol–water partition coefficient (Wildman–Crippen LogP) is 1.36. The number of carbonyl (C=O) groups excluding carboxylic acids is 1. The third-order valence-corrected chi connectivity index (χ3v) is 5.25. The zero-order valence-corrected chi connectivity index (χ0v) is 17.1. The standard InChI is InChI=1S/C15H25N5O2S.2ClH/c1-3-12-17-15(23-18-12)20-7-4-6-19(8-9-20)14(21)13-11(2)22-10-5-16-13;;/h11,13,16H,3-10H2,1-2H3;2*1H/t11-,13+;;/m1../s1. The molecule has 0 aromatic carbocycles. The number of rotatable bonds is 3. The first-order valence-electron chi connectivity index (χ1n) is 8.40. The highest BCUT2D eigenvalue weighted by Crippen LogP contribution is 2.20. The summed E-state index contributed by atoms with van der Waals surface area (Å²) in [5.74, 6) is 1.06. The van der Waals surface area contributed by atoms with Crippen LogP contribution in [0.3, 0.4) is 0 Å². The zero-order chi connectivity index (χ0) is 16.2. The molecule has 0 spiro atoms. The van der Waals surface area contributed by atoms with E-state index < -0.39 is 0 Å². The Kier molecular flexibility index (Phi) is 9.37. The number of nitrogens with one attached hydrogen (secondary N) is 1. The summed E-state index contributed by atoms with van der Waals surface area (Å²) in [5, 5.41) is 4.27. The lowest BCUT2D eigenvalue weighted by Crippen LogP contribution is -2.56. The van der Waals surface area contributed by atoms with Gasteiger partial charge in [-0.1, -0.05) is 6.92 Å². The van der Waals surface area contributed by atoms with Crippen molar-refractivity contribution < 1.29 is 9.53 Å². The molecule has 2 saturated heterocycles. The normalized spacial score (nSPS) is 24.1. The van der Waals surface area contributed by atoms with Crippen molar-refractivity contribution in [3.8, 4) is 0 Å². The number of anilines is 1. The van der Waals surface area contributed by atoms with Gasteiger partial charge in [-0.05, 0) is 13.3 Å². The minimum atomic E-state index is -0.219. The number of aromatic nitrogens is 2. The van der Waals surface area contributed by atoms with Crippen molar-refractivity contribution in [1.82, 2.24) is 19.6 Å². The minimum absolute atomic E-state index is 0. The van der Waals surface area contributed by atoms with Gasteiger partial charge in [0.05, 0.1) is 12.7 Å². The van der Waals surface area contributed by atoms with Gasteiger partial charge in [0.25, 0.3) is 0 Å². The Hall–Kier alpha value is -0.670. The molecule has 2 aliphatic rings. The Bertz CT molecular complexity index is 548. The Labute approximate surface area is 165 Å². The number of nitrogens with zero attached hydrogens (tertiary/aromatic N) is 4. The van der Waals surface area contributed by atoms with Crippen LogP contribution >= 0.6 is 36.3 Å². The predicted molar refractivity (Wildman–Crippen MR) is 104 cm³/mol. The summed E-state index contributed by atoms with van der Waals surface area (Å²) in [6, 6.07) is -0.219. The molecule has 144 valence electrons. The van der Waals surface area contributed by atoms with Crippen molar-refractivity contribution >= 4 is 47.4 Å². The van der Waals surface area contributed by atoms with Gasteiger partial charge in [-0.3, -0.25) is 4.79 Å². The van der Waals surface area contributed by atoms with Gasteiger partial charge in [0.1, 0.15) is 11.9 Å². The van der Waals surface area contributed by atoms with Gasteiger partial charge in [0.2, 0.25) is 11.0 Å². The monoisotopic (exact) mass is 411 g/mol. The average Bonchev–Trinajstić information content (AvgIpc) is 2.91. The van der Waals surface area contributed by atoms with Crippen LogP contribution in [0.5, 0.6) is 0 Å². The minimum Gasteiger partial charge on any atom is -0.375 e.